The number of carbonyl (C=O) groups is 1. The van der Waals surface area contributed by atoms with Crippen molar-refractivity contribution in [2.24, 2.45) is 0 Å². The second-order valence-corrected chi connectivity index (χ2v) is 10.3. The van der Waals surface area contributed by atoms with Crippen LogP contribution in [0.5, 0.6) is 23.0 Å². The molecule has 4 aromatic rings. The minimum absolute atomic E-state index is 0.0751. The minimum Gasteiger partial charge on any atom is -0.493 e. The first-order chi connectivity index (χ1) is 21.0. The lowest BCUT2D eigenvalue weighted by molar-refractivity contribution is -0.138. The zero-order chi connectivity index (χ0) is 31.4. The smallest absolute Gasteiger partial charge is 0.416 e. The summed E-state index contributed by atoms with van der Waals surface area (Å²) in [5.74, 6) is 0.655. The molecule has 44 heavy (non-hydrogen) atoms. The Morgan fingerprint density at radius 2 is 1.64 bits per heavy atom. The molecule has 0 unspecified atom stereocenters. The average Bonchev–Trinajstić information content (AvgIpc) is 2.99. The van der Waals surface area contributed by atoms with E-state index in [1.807, 2.05) is 11.9 Å². The summed E-state index contributed by atoms with van der Waals surface area (Å²) in [6.07, 6.45) is -3.08. The van der Waals surface area contributed by atoms with Gasteiger partial charge in [0, 0.05) is 62.1 Å². The molecule has 232 valence electrons. The van der Waals surface area contributed by atoms with Crippen LogP contribution in [0, 0.1) is 5.82 Å². The number of nitrogens with zero attached hydrogens (tertiary/aromatic N) is 3. The highest BCUT2D eigenvalue weighted by molar-refractivity contribution is 6.00. The number of halogens is 4. The van der Waals surface area contributed by atoms with Crippen molar-refractivity contribution >= 4 is 28.3 Å². The number of amides is 2. The van der Waals surface area contributed by atoms with Gasteiger partial charge in [0.15, 0.2) is 11.5 Å². The molecular weight excluding hydrogens is 582 g/mol. The van der Waals surface area contributed by atoms with Crippen LogP contribution in [-0.4, -0.2) is 68.3 Å². The lowest BCUT2D eigenvalue weighted by Crippen LogP contribution is -2.44. The number of pyridine rings is 1. The molecule has 9 nitrogen and oxygen atoms in total. The van der Waals surface area contributed by atoms with E-state index in [-0.39, 0.29) is 29.2 Å². The van der Waals surface area contributed by atoms with Crippen molar-refractivity contribution in [3.8, 4) is 23.0 Å². The molecule has 0 saturated carbocycles. The zero-order valence-electron chi connectivity index (χ0n) is 24.3. The standard InChI is InChI=1S/C31H31F4N5O4/c1-39-10-12-40(13-11-39)18-19-4-5-20(14-23(19)31(33,34)35)37-30(41)38-25-7-6-21(15-24(25)32)44-27-8-9-36-26-17-29(43-3)28(42-2)16-22(26)27/h4-9,14-17H,10-13,18H2,1-3H3,(H2,37,38,41). The van der Waals surface area contributed by atoms with E-state index in [1.54, 1.807) is 18.2 Å². The highest BCUT2D eigenvalue weighted by Gasteiger charge is 2.34. The van der Waals surface area contributed by atoms with Crippen LogP contribution in [0.25, 0.3) is 10.9 Å². The molecule has 0 radical (unpaired) electrons. The van der Waals surface area contributed by atoms with Crippen molar-refractivity contribution in [3.63, 3.8) is 0 Å². The van der Waals surface area contributed by atoms with Crippen LogP contribution >= 0.6 is 0 Å². The Balaban J connectivity index is 1.27. The normalized spacial score (nSPS) is 14.3. The number of nitrogens with one attached hydrogen (secondary N) is 2. The SMILES string of the molecule is COc1cc2nccc(Oc3ccc(NC(=O)Nc4ccc(CN5CCN(C)CC5)c(C(F)(F)F)c4)c(F)c3)c2cc1OC. The largest absolute Gasteiger partial charge is 0.493 e. The van der Waals surface area contributed by atoms with Gasteiger partial charge in [-0.2, -0.15) is 13.2 Å². The number of fused-ring (bicyclic) bond motifs is 1. The number of ether oxygens (including phenoxy) is 3. The van der Waals surface area contributed by atoms with Gasteiger partial charge in [-0.15, -0.1) is 0 Å². The quantitative estimate of drug-likeness (QED) is 0.217. The van der Waals surface area contributed by atoms with Gasteiger partial charge in [-0.3, -0.25) is 9.88 Å². The van der Waals surface area contributed by atoms with E-state index in [0.29, 0.717) is 41.2 Å². The average molecular weight is 614 g/mol. The Morgan fingerprint density at radius 3 is 2.32 bits per heavy atom. The maximum atomic E-state index is 15.0. The Morgan fingerprint density at radius 1 is 0.909 bits per heavy atom. The first-order valence-corrected chi connectivity index (χ1v) is 13.7. The number of likely N-dealkylation sites (N-methyl/N-ethyl adjacent to an activating group) is 1. The highest BCUT2D eigenvalue weighted by atomic mass is 19.4. The van der Waals surface area contributed by atoms with Crippen molar-refractivity contribution < 1.29 is 36.6 Å². The number of methoxy groups -OCH3 is 2. The Bertz CT molecular complexity index is 1660. The first kappa shape index (κ1) is 30.8. The lowest BCUT2D eigenvalue weighted by Gasteiger charge is -2.33. The summed E-state index contributed by atoms with van der Waals surface area (Å²) in [5.41, 5.74) is -0.412. The molecule has 2 heterocycles. The van der Waals surface area contributed by atoms with E-state index < -0.39 is 23.6 Å². The predicted molar refractivity (Wildman–Crippen MR) is 158 cm³/mol. The van der Waals surface area contributed by atoms with Gasteiger partial charge in [0.05, 0.1) is 31.0 Å². The topological polar surface area (TPSA) is 88.2 Å². The predicted octanol–water partition coefficient (Wildman–Crippen LogP) is 6.59. The monoisotopic (exact) mass is 613 g/mol. The summed E-state index contributed by atoms with van der Waals surface area (Å²) in [6, 6.07) is 11.5. The van der Waals surface area contributed by atoms with E-state index in [9.17, 15) is 22.4 Å². The minimum atomic E-state index is -4.62. The van der Waals surface area contributed by atoms with Gasteiger partial charge in [0.1, 0.15) is 17.3 Å². The number of carbonyl (C=O) groups excluding carboxylic acids is 1. The van der Waals surface area contributed by atoms with Crippen molar-refractivity contribution in [2.45, 2.75) is 12.7 Å². The molecule has 3 aromatic carbocycles. The number of benzene rings is 3. The van der Waals surface area contributed by atoms with E-state index in [2.05, 4.69) is 20.5 Å². The Labute approximate surface area is 251 Å². The molecule has 1 aliphatic rings. The summed E-state index contributed by atoms with van der Waals surface area (Å²) in [5, 5.41) is 5.30. The fourth-order valence-electron chi connectivity index (χ4n) is 4.91. The van der Waals surface area contributed by atoms with Crippen LogP contribution in [0.1, 0.15) is 11.1 Å². The Hall–Kier alpha value is -4.62. The van der Waals surface area contributed by atoms with Crippen LogP contribution < -0.4 is 24.8 Å². The van der Waals surface area contributed by atoms with Crippen molar-refractivity contribution in [1.29, 1.82) is 0 Å². The third kappa shape index (κ3) is 7.12. The summed E-state index contributed by atoms with van der Waals surface area (Å²) >= 11 is 0. The number of anilines is 2. The van der Waals surface area contributed by atoms with Gasteiger partial charge in [-0.05, 0) is 49.0 Å². The van der Waals surface area contributed by atoms with Gasteiger partial charge in [-0.1, -0.05) is 6.07 Å². The second-order valence-electron chi connectivity index (χ2n) is 10.3. The third-order valence-corrected chi connectivity index (χ3v) is 7.29. The maximum Gasteiger partial charge on any atom is 0.416 e. The number of urea groups is 1. The molecule has 2 N–H and O–H groups in total. The molecule has 1 aliphatic heterocycles. The molecular formula is C31H31F4N5O4. The van der Waals surface area contributed by atoms with E-state index in [0.717, 1.165) is 25.2 Å². The van der Waals surface area contributed by atoms with Gasteiger partial charge >= 0.3 is 12.2 Å². The number of rotatable bonds is 8. The van der Waals surface area contributed by atoms with Crippen molar-refractivity contribution in [3.05, 3.63) is 77.7 Å². The zero-order valence-corrected chi connectivity index (χ0v) is 24.3. The maximum absolute atomic E-state index is 15.0. The molecule has 5 rings (SSSR count). The first-order valence-electron chi connectivity index (χ1n) is 13.7. The lowest BCUT2D eigenvalue weighted by atomic mass is 10.0. The van der Waals surface area contributed by atoms with Crippen LogP contribution in [0.4, 0.5) is 33.7 Å². The fraction of sp³-hybridized carbons (Fsp3) is 0.290. The van der Waals surface area contributed by atoms with Gasteiger partial charge in [0.25, 0.3) is 0 Å². The molecule has 0 atom stereocenters. The molecule has 2 amide bonds. The second kappa shape index (κ2) is 12.9. The van der Waals surface area contributed by atoms with Crippen LogP contribution in [0.15, 0.2) is 60.8 Å². The number of piperazine rings is 1. The van der Waals surface area contributed by atoms with Crippen molar-refractivity contribution in [2.75, 3.05) is 58.1 Å². The molecule has 1 aromatic heterocycles. The molecule has 0 aliphatic carbocycles. The number of hydrogen-bond acceptors (Lipinski definition) is 7. The van der Waals surface area contributed by atoms with Crippen LogP contribution in [-0.2, 0) is 12.7 Å². The molecule has 1 saturated heterocycles. The molecule has 1 fully saturated rings. The molecule has 0 spiro atoms. The van der Waals surface area contributed by atoms with Crippen LogP contribution in [0.3, 0.4) is 0 Å². The van der Waals surface area contributed by atoms with Gasteiger partial charge in [-0.25, -0.2) is 9.18 Å². The summed E-state index contributed by atoms with van der Waals surface area (Å²) in [6.45, 7) is 3.02. The van der Waals surface area contributed by atoms with Gasteiger partial charge in [0.2, 0.25) is 0 Å². The Kier molecular flexibility index (Phi) is 9.06. The van der Waals surface area contributed by atoms with E-state index in [1.165, 1.54) is 44.7 Å². The molecule has 13 heteroatoms. The number of alkyl halides is 3. The summed E-state index contributed by atoms with van der Waals surface area (Å²) < 4.78 is 73.2. The van der Waals surface area contributed by atoms with E-state index in [4.69, 9.17) is 14.2 Å². The number of hydrogen-bond donors (Lipinski definition) is 2. The van der Waals surface area contributed by atoms with Crippen LogP contribution in [0.2, 0.25) is 0 Å². The van der Waals surface area contributed by atoms with E-state index >= 15 is 0 Å². The summed E-state index contributed by atoms with van der Waals surface area (Å²) in [7, 11) is 4.98. The fourth-order valence-corrected chi connectivity index (χ4v) is 4.91. The van der Waals surface area contributed by atoms with Crippen molar-refractivity contribution in [1.82, 2.24) is 14.8 Å². The number of aromatic nitrogens is 1. The van der Waals surface area contributed by atoms with Gasteiger partial charge < -0.3 is 29.7 Å². The third-order valence-electron chi connectivity index (χ3n) is 7.29. The highest BCUT2D eigenvalue weighted by Crippen LogP contribution is 2.38. The summed E-state index contributed by atoms with van der Waals surface area (Å²) in [4.78, 5) is 21.0. The molecule has 0 bridgehead atoms.